The van der Waals surface area contributed by atoms with Gasteiger partial charge in [-0.05, 0) is 48.5 Å². The molecule has 3 aromatic rings. The maximum absolute atomic E-state index is 13.3. The Morgan fingerprint density at radius 2 is 1.57 bits per heavy atom. The van der Waals surface area contributed by atoms with Crippen molar-refractivity contribution in [2.45, 2.75) is 0 Å². The Morgan fingerprint density at radius 3 is 2.20 bits per heavy atom. The molecule has 1 aliphatic heterocycles. The molecule has 0 atom stereocenters. The maximum atomic E-state index is 13.3. The zero-order valence-corrected chi connectivity index (χ0v) is 15.9. The van der Waals surface area contributed by atoms with E-state index in [0.29, 0.717) is 37.7 Å². The number of hydrogen-bond acceptors (Lipinski definition) is 4. The van der Waals surface area contributed by atoms with Crippen molar-refractivity contribution in [2.24, 2.45) is 0 Å². The smallest absolute Gasteiger partial charge is 0.321 e. The van der Waals surface area contributed by atoms with Crippen LogP contribution in [-0.2, 0) is 0 Å². The van der Waals surface area contributed by atoms with Crippen LogP contribution in [0.25, 0.3) is 11.3 Å². The van der Waals surface area contributed by atoms with E-state index in [1.54, 1.807) is 17.0 Å². The lowest BCUT2D eigenvalue weighted by Crippen LogP contribution is -2.50. The number of amides is 2. The van der Waals surface area contributed by atoms with Crippen molar-refractivity contribution in [1.82, 2.24) is 15.1 Å². The number of nitrogens with one attached hydrogen (secondary N) is 1. The normalized spacial score (nSPS) is 14.0. The predicted molar refractivity (Wildman–Crippen MR) is 107 cm³/mol. The van der Waals surface area contributed by atoms with Gasteiger partial charge in [0.2, 0.25) is 0 Å². The topological polar surface area (TPSA) is 61.4 Å². The van der Waals surface area contributed by atoms with Gasteiger partial charge in [0.05, 0.1) is 5.69 Å². The van der Waals surface area contributed by atoms with E-state index in [1.807, 2.05) is 17.0 Å². The van der Waals surface area contributed by atoms with Gasteiger partial charge in [-0.3, -0.25) is 0 Å². The van der Waals surface area contributed by atoms with Gasteiger partial charge in [-0.15, -0.1) is 10.2 Å². The summed E-state index contributed by atoms with van der Waals surface area (Å²) in [4.78, 5) is 16.0. The van der Waals surface area contributed by atoms with Gasteiger partial charge in [-0.25, -0.2) is 18.0 Å². The Kier molecular flexibility index (Phi) is 5.51. The molecule has 1 aliphatic rings. The summed E-state index contributed by atoms with van der Waals surface area (Å²) >= 11 is 0. The summed E-state index contributed by atoms with van der Waals surface area (Å²) in [6.07, 6.45) is 0. The first-order chi connectivity index (χ1) is 14.5. The van der Waals surface area contributed by atoms with Gasteiger partial charge in [-0.1, -0.05) is 0 Å². The Balaban J connectivity index is 1.34. The van der Waals surface area contributed by atoms with Crippen molar-refractivity contribution in [3.05, 3.63) is 72.0 Å². The molecule has 0 saturated carbocycles. The molecule has 2 amide bonds. The molecule has 4 rings (SSSR count). The van der Waals surface area contributed by atoms with Crippen LogP contribution in [0.15, 0.2) is 54.6 Å². The van der Waals surface area contributed by atoms with E-state index in [9.17, 15) is 18.0 Å². The molecule has 0 aliphatic carbocycles. The minimum absolute atomic E-state index is 0.198. The minimum Gasteiger partial charge on any atom is -0.352 e. The van der Waals surface area contributed by atoms with Gasteiger partial charge in [-0.2, -0.15) is 0 Å². The highest BCUT2D eigenvalue weighted by molar-refractivity contribution is 5.89. The summed E-state index contributed by atoms with van der Waals surface area (Å²) < 4.78 is 39.3. The summed E-state index contributed by atoms with van der Waals surface area (Å²) in [5, 5.41) is 11.0. The van der Waals surface area contributed by atoms with Gasteiger partial charge in [0.1, 0.15) is 5.82 Å². The van der Waals surface area contributed by atoms with Crippen LogP contribution in [0.1, 0.15) is 0 Å². The van der Waals surface area contributed by atoms with E-state index in [4.69, 9.17) is 0 Å². The molecule has 0 unspecified atom stereocenters. The van der Waals surface area contributed by atoms with Crippen molar-refractivity contribution in [1.29, 1.82) is 0 Å². The molecule has 1 aromatic heterocycles. The molecule has 9 heteroatoms. The Hall–Kier alpha value is -3.62. The largest absolute Gasteiger partial charge is 0.352 e. The van der Waals surface area contributed by atoms with Gasteiger partial charge < -0.3 is 15.1 Å². The standard InChI is InChI=1S/C21H18F3N5O/c22-15-3-1-14(2-4-15)19-7-8-20(27-26-19)28-9-11-29(12-10-28)21(30)25-16-5-6-17(23)18(24)13-16/h1-8,13H,9-12H2,(H,25,30). The molecule has 0 spiro atoms. The summed E-state index contributed by atoms with van der Waals surface area (Å²) in [6.45, 7) is 1.99. The molecule has 2 heterocycles. The number of carbonyl (C=O) groups excluding carboxylic acids is 1. The van der Waals surface area contributed by atoms with Crippen LogP contribution in [-0.4, -0.2) is 47.3 Å². The molecule has 0 radical (unpaired) electrons. The number of nitrogens with zero attached hydrogens (tertiary/aromatic N) is 4. The number of hydrogen-bond donors (Lipinski definition) is 1. The van der Waals surface area contributed by atoms with Gasteiger partial charge in [0, 0.05) is 43.5 Å². The second-order valence-electron chi connectivity index (χ2n) is 6.82. The quantitative estimate of drug-likeness (QED) is 0.707. The fraction of sp³-hybridized carbons (Fsp3) is 0.190. The van der Waals surface area contributed by atoms with Crippen LogP contribution in [0, 0.1) is 17.5 Å². The van der Waals surface area contributed by atoms with E-state index >= 15 is 0 Å². The van der Waals surface area contributed by atoms with Crippen molar-refractivity contribution in [2.75, 3.05) is 36.4 Å². The summed E-state index contributed by atoms with van der Waals surface area (Å²) in [6, 6.07) is 12.5. The fourth-order valence-corrected chi connectivity index (χ4v) is 3.18. The third-order valence-electron chi connectivity index (χ3n) is 4.85. The van der Waals surface area contributed by atoms with E-state index in [0.717, 1.165) is 17.7 Å². The summed E-state index contributed by atoms with van der Waals surface area (Å²) in [5.74, 6) is -1.61. The van der Waals surface area contributed by atoms with E-state index < -0.39 is 11.6 Å². The van der Waals surface area contributed by atoms with Crippen LogP contribution in [0.5, 0.6) is 0 Å². The monoisotopic (exact) mass is 413 g/mol. The van der Waals surface area contributed by atoms with Crippen LogP contribution in [0.2, 0.25) is 0 Å². The lowest BCUT2D eigenvalue weighted by molar-refractivity contribution is 0.208. The van der Waals surface area contributed by atoms with Gasteiger partial charge in [0.25, 0.3) is 0 Å². The highest BCUT2D eigenvalue weighted by atomic mass is 19.2. The first-order valence-electron chi connectivity index (χ1n) is 9.35. The zero-order valence-electron chi connectivity index (χ0n) is 15.9. The molecule has 6 nitrogen and oxygen atoms in total. The first-order valence-corrected chi connectivity index (χ1v) is 9.35. The highest BCUT2D eigenvalue weighted by Crippen LogP contribution is 2.20. The fourth-order valence-electron chi connectivity index (χ4n) is 3.18. The maximum Gasteiger partial charge on any atom is 0.321 e. The Morgan fingerprint density at radius 1 is 0.833 bits per heavy atom. The lowest BCUT2D eigenvalue weighted by Gasteiger charge is -2.35. The highest BCUT2D eigenvalue weighted by Gasteiger charge is 2.22. The third-order valence-corrected chi connectivity index (χ3v) is 4.85. The van der Waals surface area contributed by atoms with Crippen LogP contribution < -0.4 is 10.2 Å². The number of halogens is 3. The Labute approximate surface area is 170 Å². The molecule has 30 heavy (non-hydrogen) atoms. The Bertz CT molecular complexity index is 1040. The summed E-state index contributed by atoms with van der Waals surface area (Å²) in [7, 11) is 0. The number of urea groups is 1. The van der Waals surface area contributed by atoms with Crippen LogP contribution in [0.4, 0.5) is 29.5 Å². The van der Waals surface area contributed by atoms with E-state index in [-0.39, 0.29) is 17.5 Å². The minimum atomic E-state index is -1.01. The summed E-state index contributed by atoms with van der Waals surface area (Å²) in [5.41, 5.74) is 1.61. The van der Waals surface area contributed by atoms with Crippen LogP contribution >= 0.6 is 0 Å². The molecule has 1 N–H and O–H groups in total. The second-order valence-corrected chi connectivity index (χ2v) is 6.82. The number of carbonyl (C=O) groups is 1. The molecule has 0 bridgehead atoms. The molecular formula is C21H18F3N5O. The van der Waals surface area contributed by atoms with Crippen LogP contribution in [0.3, 0.4) is 0 Å². The molecule has 1 fully saturated rings. The number of piperazine rings is 1. The predicted octanol–water partition coefficient (Wildman–Crippen LogP) is 3.92. The third kappa shape index (κ3) is 4.35. The van der Waals surface area contributed by atoms with Crippen molar-refractivity contribution < 1.29 is 18.0 Å². The second kappa shape index (κ2) is 8.40. The first kappa shape index (κ1) is 19.7. The van der Waals surface area contributed by atoms with E-state index in [1.165, 1.54) is 18.2 Å². The zero-order chi connectivity index (χ0) is 21.1. The van der Waals surface area contributed by atoms with Crippen molar-refractivity contribution in [3.8, 4) is 11.3 Å². The lowest BCUT2D eigenvalue weighted by atomic mass is 10.1. The molecule has 2 aromatic carbocycles. The van der Waals surface area contributed by atoms with Crippen molar-refractivity contribution >= 4 is 17.5 Å². The van der Waals surface area contributed by atoms with Gasteiger partial charge in [0.15, 0.2) is 17.5 Å². The average Bonchev–Trinajstić information content (AvgIpc) is 2.77. The molecular weight excluding hydrogens is 395 g/mol. The van der Waals surface area contributed by atoms with E-state index in [2.05, 4.69) is 15.5 Å². The molecule has 1 saturated heterocycles. The van der Waals surface area contributed by atoms with Gasteiger partial charge >= 0.3 is 6.03 Å². The average molecular weight is 413 g/mol. The number of benzene rings is 2. The number of aromatic nitrogens is 2. The number of anilines is 2. The SMILES string of the molecule is O=C(Nc1ccc(F)c(F)c1)N1CCN(c2ccc(-c3ccc(F)cc3)nn2)CC1. The van der Waals surface area contributed by atoms with Crippen molar-refractivity contribution in [3.63, 3.8) is 0 Å². The number of rotatable bonds is 3. The molecule has 154 valence electrons.